The van der Waals surface area contributed by atoms with Crippen LogP contribution in [0.5, 0.6) is 5.75 Å². The lowest BCUT2D eigenvalue weighted by Gasteiger charge is -2.35. The zero-order valence-electron chi connectivity index (χ0n) is 13.1. The molecule has 0 fully saturated rings. The third-order valence-electron chi connectivity index (χ3n) is 3.90. The van der Waals surface area contributed by atoms with Crippen LogP contribution in [0.1, 0.15) is 53.0 Å². The van der Waals surface area contributed by atoms with E-state index < -0.39 is 0 Å². The van der Waals surface area contributed by atoms with Gasteiger partial charge in [0, 0.05) is 6.54 Å². The van der Waals surface area contributed by atoms with Gasteiger partial charge >= 0.3 is 0 Å². The summed E-state index contributed by atoms with van der Waals surface area (Å²) < 4.78 is 5.52. The number of hydrogen-bond acceptors (Lipinski definition) is 2. The molecule has 0 aliphatic heterocycles. The van der Waals surface area contributed by atoms with Crippen molar-refractivity contribution in [3.05, 3.63) is 29.8 Å². The number of nitrogens with two attached hydrogens (primary N) is 1. The zero-order valence-corrected chi connectivity index (χ0v) is 13.1. The highest BCUT2D eigenvalue weighted by atomic mass is 16.5. The number of rotatable bonds is 7. The minimum Gasteiger partial charge on any atom is -0.492 e. The Balaban J connectivity index is 2.78. The molecule has 0 radical (unpaired) electrons. The van der Waals surface area contributed by atoms with Gasteiger partial charge in [0.1, 0.15) is 12.4 Å². The lowest BCUT2D eigenvalue weighted by molar-refractivity contribution is 0.248. The standard InChI is InChI=1S/C17H29NO/c1-6-16(2,3)13-17(4,5)14-7-9-15(10-8-14)19-12-11-18/h7-10H,6,11-13,18H2,1-5H3. The Morgan fingerprint density at radius 3 is 2.11 bits per heavy atom. The van der Waals surface area contributed by atoms with Gasteiger partial charge in [-0.25, -0.2) is 0 Å². The van der Waals surface area contributed by atoms with E-state index in [9.17, 15) is 0 Å². The molecular weight excluding hydrogens is 234 g/mol. The van der Waals surface area contributed by atoms with Crippen molar-refractivity contribution < 1.29 is 4.74 Å². The highest BCUT2D eigenvalue weighted by molar-refractivity contribution is 5.31. The van der Waals surface area contributed by atoms with Crippen LogP contribution < -0.4 is 10.5 Å². The number of hydrogen-bond donors (Lipinski definition) is 1. The lowest BCUT2D eigenvalue weighted by Crippen LogP contribution is -2.26. The first-order valence-corrected chi connectivity index (χ1v) is 7.24. The van der Waals surface area contributed by atoms with Gasteiger partial charge in [-0.1, -0.05) is 53.2 Å². The summed E-state index contributed by atoms with van der Waals surface area (Å²) in [4.78, 5) is 0. The van der Waals surface area contributed by atoms with E-state index in [0.717, 1.165) is 5.75 Å². The van der Waals surface area contributed by atoms with Crippen molar-refractivity contribution in [3.8, 4) is 5.75 Å². The molecule has 19 heavy (non-hydrogen) atoms. The van der Waals surface area contributed by atoms with Crippen LogP contribution in [0.15, 0.2) is 24.3 Å². The Morgan fingerprint density at radius 1 is 1.05 bits per heavy atom. The van der Waals surface area contributed by atoms with Crippen molar-refractivity contribution >= 4 is 0 Å². The second-order valence-corrected chi connectivity index (χ2v) is 6.74. The van der Waals surface area contributed by atoms with E-state index in [1.165, 1.54) is 18.4 Å². The number of ether oxygens (including phenoxy) is 1. The predicted octanol–water partition coefficient (Wildman–Crippen LogP) is 4.13. The van der Waals surface area contributed by atoms with Gasteiger partial charge in [-0.3, -0.25) is 0 Å². The third-order valence-corrected chi connectivity index (χ3v) is 3.90. The highest BCUT2D eigenvalue weighted by Gasteiger charge is 2.28. The van der Waals surface area contributed by atoms with E-state index in [1.54, 1.807) is 0 Å². The first kappa shape index (κ1) is 16.0. The van der Waals surface area contributed by atoms with Crippen LogP contribution in [0.3, 0.4) is 0 Å². The van der Waals surface area contributed by atoms with Gasteiger partial charge in [0.15, 0.2) is 0 Å². The summed E-state index contributed by atoms with van der Waals surface area (Å²) in [5.74, 6) is 0.903. The lowest BCUT2D eigenvalue weighted by atomic mass is 9.70. The van der Waals surface area contributed by atoms with Crippen molar-refractivity contribution in [1.82, 2.24) is 0 Å². The van der Waals surface area contributed by atoms with Crippen molar-refractivity contribution in [2.24, 2.45) is 11.1 Å². The molecule has 0 aromatic heterocycles. The molecule has 1 rings (SSSR count). The largest absolute Gasteiger partial charge is 0.492 e. The zero-order chi connectivity index (χ0) is 14.5. The molecule has 0 saturated carbocycles. The molecule has 0 aliphatic carbocycles. The van der Waals surface area contributed by atoms with Gasteiger partial charge in [-0.2, -0.15) is 0 Å². The van der Waals surface area contributed by atoms with E-state index in [0.29, 0.717) is 18.6 Å². The molecule has 0 unspecified atom stereocenters. The maximum absolute atomic E-state index is 5.52. The van der Waals surface area contributed by atoms with Crippen molar-refractivity contribution in [2.75, 3.05) is 13.2 Å². The maximum Gasteiger partial charge on any atom is 0.119 e. The van der Waals surface area contributed by atoms with E-state index in [2.05, 4.69) is 46.8 Å². The van der Waals surface area contributed by atoms with E-state index in [4.69, 9.17) is 10.5 Å². The summed E-state index contributed by atoms with van der Waals surface area (Å²) in [5.41, 5.74) is 7.36. The molecule has 0 saturated heterocycles. The Hall–Kier alpha value is -1.02. The fourth-order valence-corrected chi connectivity index (χ4v) is 2.60. The fourth-order valence-electron chi connectivity index (χ4n) is 2.60. The average molecular weight is 263 g/mol. The Kier molecular flexibility index (Phi) is 5.42. The molecule has 0 bridgehead atoms. The fraction of sp³-hybridized carbons (Fsp3) is 0.647. The minimum atomic E-state index is 0.186. The molecule has 0 atom stereocenters. The molecule has 1 aromatic carbocycles. The van der Waals surface area contributed by atoms with E-state index in [-0.39, 0.29) is 5.41 Å². The van der Waals surface area contributed by atoms with Gasteiger partial charge in [-0.05, 0) is 34.9 Å². The van der Waals surface area contributed by atoms with Crippen LogP contribution >= 0.6 is 0 Å². The molecule has 1 aromatic rings. The molecule has 2 heteroatoms. The molecule has 0 amide bonds. The summed E-state index contributed by atoms with van der Waals surface area (Å²) >= 11 is 0. The van der Waals surface area contributed by atoms with Gasteiger partial charge in [0.2, 0.25) is 0 Å². The second kappa shape index (κ2) is 6.42. The molecule has 0 spiro atoms. The first-order valence-electron chi connectivity index (χ1n) is 7.24. The predicted molar refractivity (Wildman–Crippen MR) is 82.7 cm³/mol. The molecule has 2 nitrogen and oxygen atoms in total. The van der Waals surface area contributed by atoms with Crippen LogP contribution in [0.25, 0.3) is 0 Å². The summed E-state index contributed by atoms with van der Waals surface area (Å²) in [7, 11) is 0. The minimum absolute atomic E-state index is 0.186. The van der Waals surface area contributed by atoms with Crippen molar-refractivity contribution in [3.63, 3.8) is 0 Å². The molecule has 108 valence electrons. The van der Waals surface area contributed by atoms with Crippen molar-refractivity contribution in [2.45, 2.75) is 52.9 Å². The normalized spacial score (nSPS) is 12.5. The molecule has 0 aliphatic rings. The van der Waals surface area contributed by atoms with Crippen LogP contribution in [-0.4, -0.2) is 13.2 Å². The monoisotopic (exact) mass is 263 g/mol. The second-order valence-electron chi connectivity index (χ2n) is 6.74. The third kappa shape index (κ3) is 4.87. The highest BCUT2D eigenvalue weighted by Crippen LogP contribution is 2.38. The molecule has 2 N–H and O–H groups in total. The SMILES string of the molecule is CCC(C)(C)CC(C)(C)c1ccc(OCCN)cc1. The summed E-state index contributed by atoms with van der Waals surface area (Å²) in [6, 6.07) is 8.45. The summed E-state index contributed by atoms with van der Waals surface area (Å²) in [6.07, 6.45) is 2.38. The van der Waals surface area contributed by atoms with Gasteiger partial charge < -0.3 is 10.5 Å². The quantitative estimate of drug-likeness (QED) is 0.803. The summed E-state index contributed by atoms with van der Waals surface area (Å²) in [6.45, 7) is 12.7. The van der Waals surface area contributed by atoms with Gasteiger partial charge in [-0.15, -0.1) is 0 Å². The van der Waals surface area contributed by atoms with Crippen LogP contribution in [0.2, 0.25) is 0 Å². The first-order chi connectivity index (χ1) is 8.80. The summed E-state index contributed by atoms with van der Waals surface area (Å²) in [5, 5.41) is 0. The Bertz CT molecular complexity index is 379. The average Bonchev–Trinajstić information content (AvgIpc) is 2.35. The topological polar surface area (TPSA) is 35.2 Å². The molecule has 0 heterocycles. The van der Waals surface area contributed by atoms with Gasteiger partial charge in [0.05, 0.1) is 0 Å². The smallest absolute Gasteiger partial charge is 0.119 e. The maximum atomic E-state index is 5.52. The van der Waals surface area contributed by atoms with E-state index >= 15 is 0 Å². The number of benzene rings is 1. The van der Waals surface area contributed by atoms with Crippen LogP contribution in [0.4, 0.5) is 0 Å². The van der Waals surface area contributed by atoms with Crippen LogP contribution in [-0.2, 0) is 5.41 Å². The Morgan fingerprint density at radius 2 is 1.63 bits per heavy atom. The molecular formula is C17H29NO. The van der Waals surface area contributed by atoms with Gasteiger partial charge in [0.25, 0.3) is 0 Å². The Labute approximate surface area is 118 Å². The van der Waals surface area contributed by atoms with Crippen LogP contribution in [0, 0.1) is 5.41 Å². The van der Waals surface area contributed by atoms with Crippen molar-refractivity contribution in [1.29, 1.82) is 0 Å². The van der Waals surface area contributed by atoms with E-state index in [1.807, 2.05) is 12.1 Å².